The van der Waals surface area contributed by atoms with E-state index >= 15 is 0 Å². The molecular formula is C15H19BrFN3. The van der Waals surface area contributed by atoms with Crippen molar-refractivity contribution in [3.05, 3.63) is 45.9 Å². The van der Waals surface area contributed by atoms with Gasteiger partial charge in [0, 0.05) is 13.6 Å². The highest BCUT2D eigenvalue weighted by Gasteiger charge is 2.17. The summed E-state index contributed by atoms with van der Waals surface area (Å²) in [7, 11) is 1.93. The van der Waals surface area contributed by atoms with Gasteiger partial charge in [-0.2, -0.15) is 5.10 Å². The van der Waals surface area contributed by atoms with Gasteiger partial charge in [-0.05, 0) is 41.4 Å². The van der Waals surface area contributed by atoms with Gasteiger partial charge in [0.25, 0.3) is 0 Å². The number of nitrogens with zero attached hydrogens (tertiary/aromatic N) is 3. The van der Waals surface area contributed by atoms with E-state index in [0.29, 0.717) is 12.2 Å². The van der Waals surface area contributed by atoms with E-state index in [0.717, 1.165) is 28.8 Å². The second kappa shape index (κ2) is 6.39. The summed E-state index contributed by atoms with van der Waals surface area (Å²) in [5, 5.41) is 4.48. The van der Waals surface area contributed by atoms with Crippen LogP contribution in [0.15, 0.2) is 28.7 Å². The van der Waals surface area contributed by atoms with Crippen LogP contribution in [0.2, 0.25) is 0 Å². The predicted octanol–water partition coefficient (Wildman–Crippen LogP) is 3.91. The first-order chi connectivity index (χ1) is 9.58. The zero-order valence-corrected chi connectivity index (χ0v) is 13.6. The lowest BCUT2D eigenvalue weighted by molar-refractivity contribution is 0.611. The van der Waals surface area contributed by atoms with Crippen molar-refractivity contribution in [1.82, 2.24) is 9.78 Å². The van der Waals surface area contributed by atoms with Gasteiger partial charge in [0.2, 0.25) is 0 Å². The first kappa shape index (κ1) is 15.0. The average Bonchev–Trinajstić information content (AvgIpc) is 2.72. The molecular weight excluding hydrogens is 321 g/mol. The summed E-state index contributed by atoms with van der Waals surface area (Å²) in [6.45, 7) is 5.46. The summed E-state index contributed by atoms with van der Waals surface area (Å²) < 4.78 is 16.8. The molecule has 20 heavy (non-hydrogen) atoms. The van der Waals surface area contributed by atoms with Crippen LogP contribution in [-0.2, 0) is 20.0 Å². The number of anilines is 1. The van der Waals surface area contributed by atoms with Gasteiger partial charge < -0.3 is 4.90 Å². The number of benzene rings is 1. The SMILES string of the molecule is CCc1nn(C)c(CN(CC)c2ccccc2F)c1Br. The van der Waals surface area contributed by atoms with Crippen molar-refractivity contribution < 1.29 is 4.39 Å². The fraction of sp³-hybridized carbons (Fsp3) is 0.400. The molecule has 5 heteroatoms. The molecule has 1 aromatic heterocycles. The van der Waals surface area contributed by atoms with Gasteiger partial charge >= 0.3 is 0 Å². The van der Waals surface area contributed by atoms with Crippen molar-refractivity contribution >= 4 is 21.6 Å². The Labute approximate surface area is 127 Å². The van der Waals surface area contributed by atoms with E-state index in [9.17, 15) is 4.39 Å². The minimum absolute atomic E-state index is 0.191. The molecule has 0 fully saturated rings. The highest BCUT2D eigenvalue weighted by atomic mass is 79.9. The fourth-order valence-electron chi connectivity index (χ4n) is 2.25. The van der Waals surface area contributed by atoms with E-state index in [1.165, 1.54) is 6.07 Å². The minimum atomic E-state index is -0.191. The summed E-state index contributed by atoms with van der Waals surface area (Å²) in [4.78, 5) is 2.01. The standard InChI is InChI=1S/C15H19BrFN3/c1-4-12-15(16)14(19(3)18-12)10-20(5-2)13-9-7-6-8-11(13)17/h6-9H,4-5,10H2,1-3H3. The zero-order valence-electron chi connectivity index (χ0n) is 12.0. The highest BCUT2D eigenvalue weighted by molar-refractivity contribution is 9.10. The first-order valence-electron chi connectivity index (χ1n) is 6.78. The molecule has 0 saturated heterocycles. The molecule has 0 aliphatic rings. The summed E-state index contributed by atoms with van der Waals surface area (Å²) >= 11 is 3.61. The van der Waals surface area contributed by atoms with Gasteiger partial charge in [-0.1, -0.05) is 19.1 Å². The molecule has 1 heterocycles. The molecule has 0 bridgehead atoms. The van der Waals surface area contributed by atoms with Gasteiger partial charge in [-0.25, -0.2) is 4.39 Å². The Hall–Kier alpha value is -1.36. The quantitative estimate of drug-likeness (QED) is 0.823. The van der Waals surface area contributed by atoms with Gasteiger partial charge in [0.15, 0.2) is 0 Å². The normalized spacial score (nSPS) is 10.8. The van der Waals surface area contributed by atoms with Crippen LogP contribution in [0, 0.1) is 5.82 Å². The molecule has 0 radical (unpaired) electrons. The first-order valence-corrected chi connectivity index (χ1v) is 7.57. The molecule has 0 saturated carbocycles. The molecule has 0 atom stereocenters. The van der Waals surface area contributed by atoms with Crippen molar-refractivity contribution in [2.45, 2.75) is 26.8 Å². The maximum Gasteiger partial charge on any atom is 0.146 e. The number of hydrogen-bond acceptors (Lipinski definition) is 2. The molecule has 0 N–H and O–H groups in total. The molecule has 108 valence electrons. The van der Waals surface area contributed by atoms with Crippen molar-refractivity contribution in [1.29, 1.82) is 0 Å². The van der Waals surface area contributed by atoms with Crippen LogP contribution < -0.4 is 4.90 Å². The number of aromatic nitrogens is 2. The number of rotatable bonds is 5. The Morgan fingerprint density at radius 2 is 2.00 bits per heavy atom. The van der Waals surface area contributed by atoms with Crippen LogP contribution in [0.3, 0.4) is 0 Å². The molecule has 0 spiro atoms. The second-order valence-electron chi connectivity index (χ2n) is 4.65. The molecule has 0 aliphatic heterocycles. The summed E-state index contributed by atoms with van der Waals surface area (Å²) in [6, 6.07) is 6.87. The van der Waals surface area contributed by atoms with Crippen LogP contribution in [0.5, 0.6) is 0 Å². The number of hydrogen-bond donors (Lipinski definition) is 0. The number of para-hydroxylation sites is 1. The highest BCUT2D eigenvalue weighted by Crippen LogP contribution is 2.26. The van der Waals surface area contributed by atoms with E-state index in [1.807, 2.05) is 35.7 Å². The Morgan fingerprint density at radius 3 is 2.55 bits per heavy atom. The number of aryl methyl sites for hydroxylation is 2. The van der Waals surface area contributed by atoms with Crippen molar-refractivity contribution in [3.8, 4) is 0 Å². The predicted molar refractivity (Wildman–Crippen MR) is 83.4 cm³/mol. The van der Waals surface area contributed by atoms with Crippen LogP contribution in [0.4, 0.5) is 10.1 Å². The summed E-state index contributed by atoms with van der Waals surface area (Å²) in [6.07, 6.45) is 0.875. The van der Waals surface area contributed by atoms with Gasteiger partial charge in [0.05, 0.1) is 28.1 Å². The smallest absolute Gasteiger partial charge is 0.146 e. The van der Waals surface area contributed by atoms with E-state index in [-0.39, 0.29) is 5.82 Å². The van der Waals surface area contributed by atoms with Gasteiger partial charge in [0.1, 0.15) is 5.82 Å². The van der Waals surface area contributed by atoms with E-state index < -0.39 is 0 Å². The molecule has 0 amide bonds. The van der Waals surface area contributed by atoms with Crippen LogP contribution in [-0.4, -0.2) is 16.3 Å². The third-order valence-electron chi connectivity index (χ3n) is 3.42. The third-order valence-corrected chi connectivity index (χ3v) is 4.33. The molecule has 2 rings (SSSR count). The maximum atomic E-state index is 13.9. The van der Waals surface area contributed by atoms with Gasteiger partial charge in [-0.3, -0.25) is 4.68 Å². The van der Waals surface area contributed by atoms with Crippen molar-refractivity contribution in [2.24, 2.45) is 7.05 Å². The van der Waals surface area contributed by atoms with Crippen molar-refractivity contribution in [2.75, 3.05) is 11.4 Å². The van der Waals surface area contributed by atoms with E-state index in [2.05, 4.69) is 28.0 Å². The van der Waals surface area contributed by atoms with Gasteiger partial charge in [-0.15, -0.1) is 0 Å². The molecule has 0 unspecified atom stereocenters. The summed E-state index contributed by atoms with van der Waals surface area (Å²) in [5.41, 5.74) is 2.72. The monoisotopic (exact) mass is 339 g/mol. The zero-order chi connectivity index (χ0) is 14.7. The maximum absolute atomic E-state index is 13.9. The molecule has 1 aromatic carbocycles. The largest absolute Gasteiger partial charge is 0.364 e. The lowest BCUT2D eigenvalue weighted by Gasteiger charge is -2.23. The molecule has 0 aliphatic carbocycles. The number of halogens is 2. The Kier molecular flexibility index (Phi) is 4.81. The summed E-state index contributed by atoms with van der Waals surface area (Å²) in [5.74, 6) is -0.191. The van der Waals surface area contributed by atoms with E-state index in [4.69, 9.17) is 0 Å². The minimum Gasteiger partial charge on any atom is -0.364 e. The molecule has 2 aromatic rings. The lowest BCUT2D eigenvalue weighted by atomic mass is 10.2. The van der Waals surface area contributed by atoms with Crippen molar-refractivity contribution in [3.63, 3.8) is 0 Å². The van der Waals surface area contributed by atoms with Crippen LogP contribution >= 0.6 is 15.9 Å². The third kappa shape index (κ3) is 2.87. The lowest BCUT2D eigenvalue weighted by Crippen LogP contribution is -2.24. The Morgan fingerprint density at radius 1 is 1.30 bits per heavy atom. The Bertz CT molecular complexity index is 595. The topological polar surface area (TPSA) is 21.1 Å². The van der Waals surface area contributed by atoms with Crippen LogP contribution in [0.25, 0.3) is 0 Å². The van der Waals surface area contributed by atoms with E-state index in [1.54, 1.807) is 6.07 Å². The van der Waals surface area contributed by atoms with Crippen LogP contribution in [0.1, 0.15) is 25.2 Å². The Balaban J connectivity index is 2.32. The molecule has 3 nitrogen and oxygen atoms in total. The fourth-order valence-corrected chi connectivity index (χ4v) is 2.99. The second-order valence-corrected chi connectivity index (χ2v) is 5.44. The average molecular weight is 340 g/mol.